The average molecular weight is 527 g/mol. The predicted molar refractivity (Wildman–Crippen MR) is 134 cm³/mol. The maximum Gasteiger partial charge on any atom is 0.490 e. The summed E-state index contributed by atoms with van der Waals surface area (Å²) in [7, 11) is 0. The monoisotopic (exact) mass is 526 g/mol. The van der Waals surface area contributed by atoms with Crippen molar-refractivity contribution in [3.05, 3.63) is 76.7 Å². The number of H-pyrrole nitrogens is 1. The number of hydrogen-bond acceptors (Lipinski definition) is 4. The molecule has 5 rings (SSSR count). The molecule has 2 aliphatic heterocycles. The van der Waals surface area contributed by atoms with Gasteiger partial charge in [0.05, 0.1) is 11.3 Å². The molecule has 2 aliphatic rings. The van der Waals surface area contributed by atoms with Crippen molar-refractivity contribution in [1.29, 1.82) is 0 Å². The molecule has 0 spiro atoms. The molecule has 11 heteroatoms. The van der Waals surface area contributed by atoms with Crippen LogP contribution in [0.4, 0.5) is 13.2 Å². The van der Waals surface area contributed by atoms with Gasteiger partial charge < -0.3 is 20.3 Å². The lowest BCUT2D eigenvalue weighted by molar-refractivity contribution is -0.192. The summed E-state index contributed by atoms with van der Waals surface area (Å²) in [5.41, 5.74) is 6.19. The Morgan fingerprint density at radius 3 is 2.34 bits per heavy atom. The Balaban J connectivity index is 0.000000426. The molecule has 3 N–H and O–H groups in total. The summed E-state index contributed by atoms with van der Waals surface area (Å²) in [4.78, 5) is 43.1. The molecular weight excluding hydrogens is 501 g/mol. The second-order valence-electron chi connectivity index (χ2n) is 8.81. The third kappa shape index (κ3) is 6.47. The molecule has 2 aromatic heterocycles. The normalized spacial score (nSPS) is 15.0. The van der Waals surface area contributed by atoms with Crippen LogP contribution in [-0.2, 0) is 11.2 Å². The number of amides is 2. The molecule has 2 amide bonds. The lowest BCUT2D eigenvalue weighted by atomic mass is 10.1. The molecule has 4 heterocycles. The van der Waals surface area contributed by atoms with Crippen LogP contribution in [0.15, 0.2) is 48.7 Å². The highest BCUT2D eigenvalue weighted by Gasteiger charge is 2.38. The zero-order valence-electron chi connectivity index (χ0n) is 20.2. The highest BCUT2D eigenvalue weighted by Crippen LogP contribution is 2.25. The number of alkyl halides is 3. The van der Waals surface area contributed by atoms with Crippen LogP contribution in [-0.4, -0.2) is 63.6 Å². The van der Waals surface area contributed by atoms with E-state index in [1.807, 2.05) is 59.5 Å². The number of nitrogens with zero attached hydrogens (tertiary/aromatic N) is 2. The van der Waals surface area contributed by atoms with Gasteiger partial charge in [0.15, 0.2) is 0 Å². The van der Waals surface area contributed by atoms with Crippen molar-refractivity contribution < 1.29 is 32.7 Å². The number of benzene rings is 1. The highest BCUT2D eigenvalue weighted by atomic mass is 19.4. The lowest BCUT2D eigenvalue weighted by Gasteiger charge is -2.15. The maximum absolute atomic E-state index is 12.5. The first-order valence-corrected chi connectivity index (χ1v) is 12.0. The van der Waals surface area contributed by atoms with Crippen LogP contribution < -0.4 is 5.32 Å². The standard InChI is InChI=1S/C25H24N4O2.C2HF3O2/c30-24-21-16-23(28-22(21)10-12-27-24)19-9-11-26-20(15-19)8-5-17-3-6-18(7-4-17)25(31)29-13-1-2-14-29;3-2(4,5)1(6)7/h3-9,11,15-16,28H,1-2,10,12-14H2,(H,27,30);(H,6,7)/b8-5+;. The molecule has 0 radical (unpaired) electrons. The Kier molecular flexibility index (Phi) is 7.94. The maximum atomic E-state index is 12.5. The number of rotatable bonds is 4. The summed E-state index contributed by atoms with van der Waals surface area (Å²) in [6.45, 7) is 2.38. The van der Waals surface area contributed by atoms with E-state index in [4.69, 9.17) is 9.90 Å². The summed E-state index contributed by atoms with van der Waals surface area (Å²) in [6.07, 6.45) is 3.63. The summed E-state index contributed by atoms with van der Waals surface area (Å²) in [5, 5.41) is 10.00. The van der Waals surface area contributed by atoms with Gasteiger partial charge in [0, 0.05) is 54.8 Å². The quantitative estimate of drug-likeness (QED) is 0.466. The molecule has 1 aromatic carbocycles. The number of carbonyl (C=O) groups is 3. The number of pyridine rings is 1. The van der Waals surface area contributed by atoms with Crippen molar-refractivity contribution in [3.8, 4) is 11.3 Å². The Morgan fingerprint density at radius 2 is 1.71 bits per heavy atom. The molecule has 0 atom stereocenters. The van der Waals surface area contributed by atoms with Crippen LogP contribution in [0, 0.1) is 0 Å². The van der Waals surface area contributed by atoms with Crippen molar-refractivity contribution in [1.82, 2.24) is 20.2 Å². The van der Waals surface area contributed by atoms with E-state index < -0.39 is 12.1 Å². The first-order valence-electron chi connectivity index (χ1n) is 12.0. The first-order chi connectivity index (χ1) is 18.1. The van der Waals surface area contributed by atoms with E-state index in [9.17, 15) is 22.8 Å². The van der Waals surface area contributed by atoms with Gasteiger partial charge in [-0.15, -0.1) is 0 Å². The average Bonchev–Trinajstić information content (AvgIpc) is 3.59. The summed E-state index contributed by atoms with van der Waals surface area (Å²) >= 11 is 0. The van der Waals surface area contributed by atoms with Gasteiger partial charge in [-0.3, -0.25) is 14.6 Å². The van der Waals surface area contributed by atoms with E-state index in [1.165, 1.54) is 0 Å². The third-order valence-electron chi connectivity index (χ3n) is 6.14. The second kappa shape index (κ2) is 11.3. The molecular formula is C27H25F3N4O4. The Bertz CT molecular complexity index is 1360. The van der Waals surface area contributed by atoms with Crippen LogP contribution in [0.5, 0.6) is 0 Å². The number of nitrogens with one attached hydrogen (secondary N) is 2. The number of carboxylic acid groups (broad SMARTS) is 1. The molecule has 8 nitrogen and oxygen atoms in total. The SMILES string of the molecule is O=C(O)C(F)(F)F.O=C1NCCc2[nH]c(-c3ccnc(/C=C/c4ccc(C(=O)N5CCCC5)cc4)c3)cc21. The van der Waals surface area contributed by atoms with Crippen LogP contribution in [0.2, 0.25) is 0 Å². The molecule has 38 heavy (non-hydrogen) atoms. The first kappa shape index (κ1) is 26.6. The number of aromatic nitrogens is 2. The Hall–Kier alpha value is -4.41. The Labute approximate surface area is 216 Å². The zero-order chi connectivity index (χ0) is 27.3. The van der Waals surface area contributed by atoms with Gasteiger partial charge in [-0.1, -0.05) is 18.2 Å². The number of fused-ring (bicyclic) bond motifs is 1. The minimum atomic E-state index is -5.08. The number of halogens is 3. The lowest BCUT2D eigenvalue weighted by Crippen LogP contribution is -2.31. The zero-order valence-corrected chi connectivity index (χ0v) is 20.2. The molecule has 1 saturated heterocycles. The van der Waals surface area contributed by atoms with Gasteiger partial charge in [0.2, 0.25) is 0 Å². The number of carboxylic acids is 1. The molecule has 198 valence electrons. The second-order valence-corrected chi connectivity index (χ2v) is 8.81. The molecule has 0 unspecified atom stereocenters. The smallest absolute Gasteiger partial charge is 0.475 e. The van der Waals surface area contributed by atoms with Gasteiger partial charge in [-0.2, -0.15) is 13.2 Å². The molecule has 0 bridgehead atoms. The van der Waals surface area contributed by atoms with Gasteiger partial charge in [-0.25, -0.2) is 4.79 Å². The largest absolute Gasteiger partial charge is 0.490 e. The van der Waals surface area contributed by atoms with Crippen molar-refractivity contribution in [2.24, 2.45) is 0 Å². The van der Waals surface area contributed by atoms with E-state index >= 15 is 0 Å². The summed E-state index contributed by atoms with van der Waals surface area (Å²) < 4.78 is 31.7. The summed E-state index contributed by atoms with van der Waals surface area (Å²) in [6, 6.07) is 13.5. The van der Waals surface area contributed by atoms with Crippen LogP contribution >= 0.6 is 0 Å². The summed E-state index contributed by atoms with van der Waals surface area (Å²) in [5.74, 6) is -2.66. The number of likely N-dealkylation sites (tertiary alicyclic amines) is 1. The van der Waals surface area contributed by atoms with Crippen molar-refractivity contribution in [3.63, 3.8) is 0 Å². The number of aliphatic carboxylic acids is 1. The van der Waals surface area contributed by atoms with Crippen LogP contribution in [0.25, 0.3) is 23.4 Å². The van der Waals surface area contributed by atoms with E-state index in [0.29, 0.717) is 6.54 Å². The van der Waals surface area contributed by atoms with E-state index in [1.54, 1.807) is 6.20 Å². The van der Waals surface area contributed by atoms with E-state index in [2.05, 4.69) is 15.3 Å². The van der Waals surface area contributed by atoms with Gasteiger partial charge in [-0.05, 0) is 54.8 Å². The minimum absolute atomic E-state index is 0.0235. The highest BCUT2D eigenvalue weighted by molar-refractivity contribution is 5.98. The molecule has 3 aromatic rings. The minimum Gasteiger partial charge on any atom is -0.475 e. The van der Waals surface area contributed by atoms with Crippen LogP contribution in [0.3, 0.4) is 0 Å². The number of hydrogen-bond donors (Lipinski definition) is 3. The molecule has 0 aliphatic carbocycles. The van der Waals surface area contributed by atoms with Gasteiger partial charge in [0.1, 0.15) is 0 Å². The van der Waals surface area contributed by atoms with Gasteiger partial charge in [0.25, 0.3) is 11.8 Å². The number of carbonyl (C=O) groups excluding carboxylic acids is 2. The Morgan fingerprint density at radius 1 is 1.03 bits per heavy atom. The van der Waals surface area contributed by atoms with Crippen molar-refractivity contribution in [2.45, 2.75) is 25.4 Å². The van der Waals surface area contributed by atoms with Crippen molar-refractivity contribution in [2.75, 3.05) is 19.6 Å². The topological polar surface area (TPSA) is 115 Å². The predicted octanol–water partition coefficient (Wildman–Crippen LogP) is 4.40. The third-order valence-corrected chi connectivity index (χ3v) is 6.14. The van der Waals surface area contributed by atoms with E-state index in [0.717, 1.165) is 71.7 Å². The number of aromatic amines is 1. The van der Waals surface area contributed by atoms with Crippen LogP contribution in [0.1, 0.15) is 50.5 Å². The fraction of sp³-hybridized carbons (Fsp3) is 0.259. The van der Waals surface area contributed by atoms with E-state index in [-0.39, 0.29) is 11.8 Å². The fourth-order valence-corrected chi connectivity index (χ4v) is 4.18. The molecule has 1 fully saturated rings. The van der Waals surface area contributed by atoms with Crippen molar-refractivity contribution >= 4 is 29.9 Å². The van der Waals surface area contributed by atoms with Gasteiger partial charge >= 0.3 is 12.1 Å². The molecule has 0 saturated carbocycles. The fourth-order valence-electron chi connectivity index (χ4n) is 4.18.